The maximum absolute atomic E-state index is 12.6. The van der Waals surface area contributed by atoms with E-state index in [4.69, 9.17) is 5.84 Å². The van der Waals surface area contributed by atoms with E-state index in [-0.39, 0.29) is 10.7 Å². The van der Waals surface area contributed by atoms with Crippen molar-refractivity contribution in [3.05, 3.63) is 29.8 Å². The summed E-state index contributed by atoms with van der Waals surface area (Å²) in [7, 11) is 0. The Balaban J connectivity index is 2.15. The molecule has 1 aliphatic rings. The van der Waals surface area contributed by atoms with Crippen molar-refractivity contribution in [2.75, 3.05) is 24.3 Å². The number of benzene rings is 1. The first-order valence-electron chi connectivity index (χ1n) is 6.52. The van der Waals surface area contributed by atoms with E-state index in [0.717, 1.165) is 25.3 Å². The molecule has 1 aliphatic heterocycles. The van der Waals surface area contributed by atoms with E-state index in [2.05, 4.69) is 19.3 Å². The summed E-state index contributed by atoms with van der Waals surface area (Å²) in [4.78, 5) is 14.5. The third kappa shape index (κ3) is 3.42. The molecular weight excluding hydrogens is 258 g/mol. The number of hydrogen-bond donors (Lipinski definition) is 2. The molecule has 0 spiro atoms. The van der Waals surface area contributed by atoms with Crippen LogP contribution in [0.25, 0.3) is 0 Å². The number of nitrogens with two attached hydrogens (primary N) is 1. The lowest BCUT2D eigenvalue weighted by atomic mass is 10.1. The van der Waals surface area contributed by atoms with Crippen molar-refractivity contribution in [2.45, 2.75) is 25.0 Å². The third-order valence-electron chi connectivity index (χ3n) is 3.44. The number of carbonyl (C=O) groups is 1. The van der Waals surface area contributed by atoms with Crippen LogP contribution >= 0.6 is 11.8 Å². The van der Waals surface area contributed by atoms with Gasteiger partial charge in [-0.15, -0.1) is 0 Å². The molecule has 0 unspecified atom stereocenters. The maximum Gasteiger partial charge on any atom is 0.256 e. The van der Waals surface area contributed by atoms with Crippen LogP contribution in [-0.4, -0.2) is 34.4 Å². The molecule has 0 saturated carbocycles. The van der Waals surface area contributed by atoms with Crippen LogP contribution in [0.15, 0.2) is 24.3 Å². The number of hydrogen-bond acceptors (Lipinski definition) is 4. The zero-order chi connectivity index (χ0) is 13.9. The fourth-order valence-corrected chi connectivity index (χ4v) is 3.29. The van der Waals surface area contributed by atoms with Gasteiger partial charge in [-0.2, -0.15) is 11.8 Å². The Bertz CT molecular complexity index is 462. The van der Waals surface area contributed by atoms with Gasteiger partial charge < -0.3 is 10.3 Å². The summed E-state index contributed by atoms with van der Waals surface area (Å²) in [5.74, 6) is 6.51. The molecule has 0 radical (unpaired) electrons. The molecule has 4 nitrogen and oxygen atoms in total. The van der Waals surface area contributed by atoms with Gasteiger partial charge in [-0.25, -0.2) is 0 Å². The number of nitrogens with zero attached hydrogens (tertiary/aromatic N) is 1. The fraction of sp³-hybridized carbons (Fsp3) is 0.500. The van der Waals surface area contributed by atoms with Gasteiger partial charge in [-0.05, 0) is 18.6 Å². The smallest absolute Gasteiger partial charge is 0.256 e. The zero-order valence-electron chi connectivity index (χ0n) is 11.5. The van der Waals surface area contributed by atoms with Crippen molar-refractivity contribution < 1.29 is 4.79 Å². The Kier molecular flexibility index (Phi) is 4.37. The second-order valence-corrected chi connectivity index (χ2v) is 7.14. The molecule has 1 aromatic carbocycles. The summed E-state index contributed by atoms with van der Waals surface area (Å²) >= 11 is 1.93. The topological polar surface area (TPSA) is 58.4 Å². The van der Waals surface area contributed by atoms with Crippen LogP contribution in [0.5, 0.6) is 0 Å². The van der Waals surface area contributed by atoms with Crippen LogP contribution in [-0.2, 0) is 0 Å². The summed E-state index contributed by atoms with van der Waals surface area (Å²) in [6, 6.07) is 7.38. The quantitative estimate of drug-likeness (QED) is 0.644. The standard InChI is InChI=1S/C14H21N3OS/c1-14(2)7-8-17(9-10-19-14)13(18)11-5-3-4-6-12(11)16-15/h3-6,16H,7-10,15H2,1-2H3. The van der Waals surface area contributed by atoms with Gasteiger partial charge in [0.1, 0.15) is 0 Å². The maximum atomic E-state index is 12.6. The van der Waals surface area contributed by atoms with Crippen molar-refractivity contribution in [3.63, 3.8) is 0 Å². The molecular formula is C14H21N3OS. The minimum atomic E-state index is 0.0619. The molecule has 0 bridgehead atoms. The number of carbonyl (C=O) groups excluding carboxylic acids is 1. The Morgan fingerprint density at radius 1 is 1.37 bits per heavy atom. The molecule has 1 heterocycles. The lowest BCUT2D eigenvalue weighted by Crippen LogP contribution is -2.34. The van der Waals surface area contributed by atoms with Crippen LogP contribution in [0.3, 0.4) is 0 Å². The van der Waals surface area contributed by atoms with Crippen LogP contribution in [0.1, 0.15) is 30.6 Å². The predicted molar refractivity (Wildman–Crippen MR) is 81.3 cm³/mol. The average Bonchev–Trinajstić information content (AvgIpc) is 2.59. The number of rotatable bonds is 2. The predicted octanol–water partition coefficient (Wildman–Crippen LogP) is 2.33. The number of anilines is 1. The minimum Gasteiger partial charge on any atom is -0.338 e. The molecule has 1 saturated heterocycles. The summed E-state index contributed by atoms with van der Waals surface area (Å²) < 4.78 is 0.251. The van der Waals surface area contributed by atoms with Gasteiger partial charge in [0, 0.05) is 23.6 Å². The first-order chi connectivity index (χ1) is 9.03. The molecule has 1 fully saturated rings. The van der Waals surface area contributed by atoms with Crippen molar-refractivity contribution >= 4 is 23.4 Å². The van der Waals surface area contributed by atoms with Crippen molar-refractivity contribution in [1.82, 2.24) is 4.90 Å². The highest BCUT2D eigenvalue weighted by atomic mass is 32.2. The SMILES string of the molecule is CC1(C)CCN(C(=O)c2ccccc2NN)CCS1. The van der Waals surface area contributed by atoms with E-state index >= 15 is 0 Å². The number of thioether (sulfide) groups is 1. The summed E-state index contributed by atoms with van der Waals surface area (Å²) in [5, 5.41) is 0. The molecule has 104 valence electrons. The zero-order valence-corrected chi connectivity index (χ0v) is 12.3. The molecule has 19 heavy (non-hydrogen) atoms. The molecule has 3 N–H and O–H groups in total. The number of para-hydroxylation sites is 1. The second-order valence-electron chi connectivity index (χ2n) is 5.34. The Labute approximate surface area is 118 Å². The second kappa shape index (κ2) is 5.84. The number of hydrazine groups is 1. The average molecular weight is 279 g/mol. The van der Waals surface area contributed by atoms with Crippen molar-refractivity contribution in [3.8, 4) is 0 Å². The highest BCUT2D eigenvalue weighted by Crippen LogP contribution is 2.31. The van der Waals surface area contributed by atoms with E-state index in [1.54, 1.807) is 0 Å². The van der Waals surface area contributed by atoms with Crippen molar-refractivity contribution in [2.24, 2.45) is 5.84 Å². The minimum absolute atomic E-state index is 0.0619. The molecule has 0 atom stereocenters. The first kappa shape index (κ1) is 14.2. The fourth-order valence-electron chi connectivity index (χ4n) is 2.19. The number of amides is 1. The molecule has 0 aromatic heterocycles. The Morgan fingerprint density at radius 3 is 2.84 bits per heavy atom. The molecule has 5 heteroatoms. The van der Waals surface area contributed by atoms with Crippen LogP contribution in [0.2, 0.25) is 0 Å². The molecule has 1 amide bonds. The van der Waals surface area contributed by atoms with E-state index in [1.807, 2.05) is 40.9 Å². The van der Waals surface area contributed by atoms with Crippen LogP contribution in [0, 0.1) is 0 Å². The highest BCUT2D eigenvalue weighted by Gasteiger charge is 2.27. The van der Waals surface area contributed by atoms with Gasteiger partial charge in [-0.3, -0.25) is 10.6 Å². The third-order valence-corrected chi connectivity index (χ3v) is 4.81. The summed E-state index contributed by atoms with van der Waals surface area (Å²) in [5.41, 5.74) is 3.93. The van der Waals surface area contributed by atoms with Gasteiger partial charge in [0.15, 0.2) is 0 Å². The Morgan fingerprint density at radius 2 is 2.11 bits per heavy atom. The van der Waals surface area contributed by atoms with Crippen LogP contribution < -0.4 is 11.3 Å². The monoisotopic (exact) mass is 279 g/mol. The van der Waals surface area contributed by atoms with Gasteiger partial charge in [0.2, 0.25) is 0 Å². The molecule has 0 aliphatic carbocycles. The van der Waals surface area contributed by atoms with E-state index in [9.17, 15) is 4.79 Å². The Hall–Kier alpha value is -1.20. The largest absolute Gasteiger partial charge is 0.338 e. The lowest BCUT2D eigenvalue weighted by Gasteiger charge is -2.23. The van der Waals surface area contributed by atoms with E-state index in [1.165, 1.54) is 0 Å². The van der Waals surface area contributed by atoms with E-state index < -0.39 is 0 Å². The van der Waals surface area contributed by atoms with Gasteiger partial charge >= 0.3 is 0 Å². The van der Waals surface area contributed by atoms with Gasteiger partial charge in [0.25, 0.3) is 5.91 Å². The van der Waals surface area contributed by atoms with Gasteiger partial charge in [0.05, 0.1) is 11.3 Å². The van der Waals surface area contributed by atoms with Crippen LogP contribution in [0.4, 0.5) is 5.69 Å². The lowest BCUT2D eigenvalue weighted by molar-refractivity contribution is 0.0765. The normalized spacial score (nSPS) is 18.8. The molecule has 1 aromatic rings. The van der Waals surface area contributed by atoms with Gasteiger partial charge in [-0.1, -0.05) is 26.0 Å². The number of nitrogens with one attached hydrogen (secondary N) is 1. The van der Waals surface area contributed by atoms with Crippen molar-refractivity contribution in [1.29, 1.82) is 0 Å². The first-order valence-corrected chi connectivity index (χ1v) is 7.51. The summed E-state index contributed by atoms with van der Waals surface area (Å²) in [6.45, 7) is 6.08. The highest BCUT2D eigenvalue weighted by molar-refractivity contribution is 8.00. The number of nitrogen functional groups attached to an aromatic ring is 1. The van der Waals surface area contributed by atoms with E-state index in [0.29, 0.717) is 11.3 Å². The molecule has 2 rings (SSSR count). The summed E-state index contributed by atoms with van der Waals surface area (Å²) in [6.07, 6.45) is 1.02.